The number of rotatable bonds is 6. The van der Waals surface area contributed by atoms with Crippen LogP contribution in [-0.2, 0) is 0 Å². The number of hydrogen-bond donors (Lipinski definition) is 0. The van der Waals surface area contributed by atoms with Gasteiger partial charge in [0, 0.05) is 56.7 Å². The van der Waals surface area contributed by atoms with Gasteiger partial charge in [0.05, 0.1) is 5.69 Å². The van der Waals surface area contributed by atoms with Gasteiger partial charge in [0.2, 0.25) is 0 Å². The van der Waals surface area contributed by atoms with Crippen LogP contribution >= 0.6 is 0 Å². The Morgan fingerprint density at radius 2 is 0.894 bits per heavy atom. The SMILES string of the molecule is Cc1ccc(N(c2ccc3c(c2)oc2cc(N(c4ccc(C)cc4)c4ccccc4C)c4ccccc4c23)c2ccccc2C)cc1. The molecule has 0 saturated heterocycles. The molecule has 0 fully saturated rings. The summed E-state index contributed by atoms with van der Waals surface area (Å²) in [7, 11) is 0. The molecule has 7 aromatic carbocycles. The summed E-state index contributed by atoms with van der Waals surface area (Å²) in [6, 6.07) is 52.2. The van der Waals surface area contributed by atoms with Gasteiger partial charge >= 0.3 is 0 Å². The molecule has 0 radical (unpaired) electrons. The highest BCUT2D eigenvalue weighted by molar-refractivity contribution is 6.22. The average Bonchev–Trinajstić information content (AvgIpc) is 3.46. The molecule has 1 heterocycles. The van der Waals surface area contributed by atoms with E-state index < -0.39 is 0 Å². The lowest BCUT2D eigenvalue weighted by Gasteiger charge is -2.28. The van der Waals surface area contributed by atoms with E-state index in [1.165, 1.54) is 33.0 Å². The normalized spacial score (nSPS) is 11.4. The van der Waals surface area contributed by atoms with E-state index in [4.69, 9.17) is 4.42 Å². The van der Waals surface area contributed by atoms with Crippen molar-refractivity contribution in [2.75, 3.05) is 9.80 Å². The minimum Gasteiger partial charge on any atom is -0.456 e. The second kappa shape index (κ2) is 11.5. The second-order valence-corrected chi connectivity index (χ2v) is 12.5. The summed E-state index contributed by atoms with van der Waals surface area (Å²) in [4.78, 5) is 4.69. The smallest absolute Gasteiger partial charge is 0.138 e. The summed E-state index contributed by atoms with van der Waals surface area (Å²) >= 11 is 0. The van der Waals surface area contributed by atoms with E-state index in [9.17, 15) is 0 Å². The molecule has 8 aromatic rings. The van der Waals surface area contributed by atoms with Gasteiger partial charge in [-0.15, -0.1) is 0 Å². The standard InChI is InChI=1S/C44H36N2O/c1-29-17-21-33(22-18-29)45(39-15-9-5-11-31(39)3)35-25-26-38-42(27-35)47-43-28-41(36-13-7-8-14-37(36)44(38)43)46(34-23-19-30(2)20-24-34)40-16-10-6-12-32(40)4/h5-28H,1-4H3. The minimum atomic E-state index is 0.864. The number of furan rings is 1. The molecule has 0 amide bonds. The Kier molecular flexibility index (Phi) is 7.03. The van der Waals surface area contributed by atoms with Crippen molar-refractivity contribution in [2.45, 2.75) is 27.7 Å². The summed E-state index contributed by atoms with van der Waals surface area (Å²) in [6.45, 7) is 8.59. The van der Waals surface area contributed by atoms with E-state index in [-0.39, 0.29) is 0 Å². The Labute approximate surface area is 275 Å². The number of hydrogen-bond acceptors (Lipinski definition) is 3. The lowest BCUT2D eigenvalue weighted by Crippen LogP contribution is -2.11. The molecule has 0 unspecified atom stereocenters. The third-order valence-corrected chi connectivity index (χ3v) is 9.24. The van der Waals surface area contributed by atoms with Gasteiger partial charge in [-0.25, -0.2) is 0 Å². The molecule has 1 aromatic heterocycles. The maximum atomic E-state index is 6.83. The third kappa shape index (κ3) is 5.01. The fraction of sp³-hybridized carbons (Fsp3) is 0.0909. The van der Waals surface area contributed by atoms with E-state index in [0.29, 0.717) is 0 Å². The monoisotopic (exact) mass is 608 g/mol. The van der Waals surface area contributed by atoms with Crippen molar-refractivity contribution in [3.63, 3.8) is 0 Å². The summed E-state index contributed by atoms with van der Waals surface area (Å²) in [5.74, 6) is 0. The van der Waals surface area contributed by atoms with Crippen molar-refractivity contribution in [2.24, 2.45) is 0 Å². The van der Waals surface area contributed by atoms with Crippen LogP contribution in [0.4, 0.5) is 34.1 Å². The molecular weight excluding hydrogens is 572 g/mol. The second-order valence-electron chi connectivity index (χ2n) is 12.5. The maximum Gasteiger partial charge on any atom is 0.138 e. The molecule has 228 valence electrons. The van der Waals surface area contributed by atoms with Gasteiger partial charge in [-0.1, -0.05) is 96.1 Å². The van der Waals surface area contributed by atoms with Crippen LogP contribution in [0.5, 0.6) is 0 Å². The van der Waals surface area contributed by atoms with Crippen molar-refractivity contribution in [1.82, 2.24) is 0 Å². The number of aryl methyl sites for hydroxylation is 4. The van der Waals surface area contributed by atoms with Crippen LogP contribution in [0.15, 0.2) is 150 Å². The van der Waals surface area contributed by atoms with Crippen LogP contribution < -0.4 is 9.80 Å². The van der Waals surface area contributed by atoms with Gasteiger partial charge in [-0.3, -0.25) is 0 Å². The lowest BCUT2D eigenvalue weighted by molar-refractivity contribution is 0.669. The first-order valence-corrected chi connectivity index (χ1v) is 16.2. The van der Waals surface area contributed by atoms with Gasteiger partial charge < -0.3 is 14.2 Å². The van der Waals surface area contributed by atoms with Crippen LogP contribution in [0.3, 0.4) is 0 Å². The third-order valence-electron chi connectivity index (χ3n) is 9.24. The Bertz CT molecular complexity index is 2400. The Morgan fingerprint density at radius 3 is 1.51 bits per heavy atom. The van der Waals surface area contributed by atoms with Crippen LogP contribution in [0.1, 0.15) is 22.3 Å². The fourth-order valence-corrected chi connectivity index (χ4v) is 6.79. The summed E-state index contributed by atoms with van der Waals surface area (Å²) in [5.41, 5.74) is 13.3. The Morgan fingerprint density at radius 1 is 0.383 bits per heavy atom. The molecule has 8 rings (SSSR count). The van der Waals surface area contributed by atoms with Gasteiger partial charge in [0.25, 0.3) is 0 Å². The summed E-state index contributed by atoms with van der Waals surface area (Å²) < 4.78 is 6.83. The van der Waals surface area contributed by atoms with Gasteiger partial charge in [0.15, 0.2) is 0 Å². The van der Waals surface area contributed by atoms with E-state index in [2.05, 4.69) is 183 Å². The van der Waals surface area contributed by atoms with Crippen molar-refractivity contribution < 1.29 is 4.42 Å². The molecule has 0 spiro atoms. The fourth-order valence-electron chi connectivity index (χ4n) is 6.79. The zero-order chi connectivity index (χ0) is 32.1. The van der Waals surface area contributed by atoms with Crippen LogP contribution in [0.25, 0.3) is 32.7 Å². The minimum absolute atomic E-state index is 0.864. The molecule has 0 bridgehead atoms. The van der Waals surface area contributed by atoms with Crippen molar-refractivity contribution in [1.29, 1.82) is 0 Å². The summed E-state index contributed by atoms with van der Waals surface area (Å²) in [5, 5.41) is 4.60. The Balaban J connectivity index is 1.37. The summed E-state index contributed by atoms with van der Waals surface area (Å²) in [6.07, 6.45) is 0. The first-order chi connectivity index (χ1) is 23.0. The topological polar surface area (TPSA) is 19.6 Å². The van der Waals surface area contributed by atoms with E-state index in [1.807, 2.05) is 0 Å². The van der Waals surface area contributed by atoms with Crippen LogP contribution in [0.2, 0.25) is 0 Å². The largest absolute Gasteiger partial charge is 0.456 e. The molecule has 47 heavy (non-hydrogen) atoms. The van der Waals surface area contributed by atoms with Crippen LogP contribution in [0, 0.1) is 27.7 Å². The first kappa shape index (κ1) is 28.7. The molecule has 0 aliphatic rings. The number of benzene rings is 7. The number of anilines is 6. The molecule has 0 aliphatic carbocycles. The highest BCUT2D eigenvalue weighted by Crippen LogP contribution is 2.46. The number of nitrogens with zero attached hydrogens (tertiary/aromatic N) is 2. The van der Waals surface area contributed by atoms with Gasteiger partial charge in [-0.2, -0.15) is 0 Å². The van der Waals surface area contributed by atoms with E-state index in [1.54, 1.807) is 0 Å². The first-order valence-electron chi connectivity index (χ1n) is 16.2. The van der Waals surface area contributed by atoms with E-state index in [0.717, 1.165) is 56.1 Å². The van der Waals surface area contributed by atoms with Crippen molar-refractivity contribution in [3.05, 3.63) is 168 Å². The molecule has 0 saturated carbocycles. The highest BCUT2D eigenvalue weighted by atomic mass is 16.3. The molecular formula is C44H36N2O. The number of para-hydroxylation sites is 2. The average molecular weight is 609 g/mol. The molecule has 3 nitrogen and oxygen atoms in total. The molecule has 0 aliphatic heterocycles. The maximum absolute atomic E-state index is 6.83. The lowest BCUT2D eigenvalue weighted by atomic mass is 10.00. The molecule has 0 atom stereocenters. The molecule has 3 heteroatoms. The highest BCUT2D eigenvalue weighted by Gasteiger charge is 2.22. The predicted molar refractivity (Wildman–Crippen MR) is 200 cm³/mol. The van der Waals surface area contributed by atoms with Gasteiger partial charge in [0.1, 0.15) is 11.2 Å². The van der Waals surface area contributed by atoms with E-state index >= 15 is 0 Å². The number of fused-ring (bicyclic) bond motifs is 5. The zero-order valence-corrected chi connectivity index (χ0v) is 27.2. The van der Waals surface area contributed by atoms with Crippen molar-refractivity contribution >= 4 is 66.8 Å². The zero-order valence-electron chi connectivity index (χ0n) is 27.2. The van der Waals surface area contributed by atoms with Crippen molar-refractivity contribution in [3.8, 4) is 0 Å². The van der Waals surface area contributed by atoms with Crippen LogP contribution in [-0.4, -0.2) is 0 Å². The molecule has 0 N–H and O–H groups in total. The quantitative estimate of drug-likeness (QED) is 0.187. The predicted octanol–water partition coefficient (Wildman–Crippen LogP) is 12.9. The Hall–Kier alpha value is -5.80. The van der Waals surface area contributed by atoms with Gasteiger partial charge in [-0.05, 0) is 92.7 Å².